The number of hydrogen-bond donors (Lipinski definition) is 1. The van der Waals surface area contributed by atoms with Gasteiger partial charge in [0, 0.05) is 6.42 Å². The molecule has 1 atom stereocenters. The second-order valence-electron chi connectivity index (χ2n) is 4.48. The van der Waals surface area contributed by atoms with Gasteiger partial charge >= 0.3 is 6.18 Å². The van der Waals surface area contributed by atoms with Crippen LogP contribution in [0.25, 0.3) is 0 Å². The van der Waals surface area contributed by atoms with E-state index in [4.69, 9.17) is 14.2 Å². The van der Waals surface area contributed by atoms with Gasteiger partial charge in [-0.25, -0.2) is 0 Å². The topological polar surface area (TPSA) is 47.9 Å². The lowest BCUT2D eigenvalue weighted by atomic mass is 10.0. The summed E-state index contributed by atoms with van der Waals surface area (Å²) in [4.78, 5) is 0. The molecule has 0 radical (unpaired) electrons. The molecule has 0 aliphatic carbocycles. The molecule has 0 fully saturated rings. The lowest BCUT2D eigenvalue weighted by Gasteiger charge is -2.17. The largest absolute Gasteiger partial charge is 0.493 e. The monoisotopic (exact) mass is 308 g/mol. The summed E-state index contributed by atoms with van der Waals surface area (Å²) >= 11 is 0. The van der Waals surface area contributed by atoms with E-state index >= 15 is 0 Å². The highest BCUT2D eigenvalue weighted by Crippen LogP contribution is 2.40. The van der Waals surface area contributed by atoms with Crippen molar-refractivity contribution in [1.82, 2.24) is 0 Å². The zero-order valence-corrected chi connectivity index (χ0v) is 12.2. The molecule has 0 saturated carbocycles. The van der Waals surface area contributed by atoms with Gasteiger partial charge in [0.05, 0.1) is 27.4 Å². The molecule has 0 aliphatic heterocycles. The van der Waals surface area contributed by atoms with Crippen LogP contribution in [-0.4, -0.2) is 32.6 Å². The molecule has 7 heteroatoms. The first-order valence-electron chi connectivity index (χ1n) is 6.37. The SMILES string of the molecule is COc1cc(C(O)CCCC(F)(F)F)cc(OC)c1OC. The molecule has 0 saturated heterocycles. The highest BCUT2D eigenvalue weighted by atomic mass is 19.4. The number of aliphatic hydroxyl groups excluding tert-OH is 1. The van der Waals surface area contributed by atoms with Crippen LogP contribution >= 0.6 is 0 Å². The second kappa shape index (κ2) is 7.40. The van der Waals surface area contributed by atoms with E-state index in [1.807, 2.05) is 0 Å². The molecule has 0 aromatic heterocycles. The van der Waals surface area contributed by atoms with Crippen molar-refractivity contribution < 1.29 is 32.5 Å². The molecule has 0 heterocycles. The molecule has 0 amide bonds. The fraction of sp³-hybridized carbons (Fsp3) is 0.571. The van der Waals surface area contributed by atoms with Gasteiger partial charge in [0.25, 0.3) is 0 Å². The average Bonchev–Trinajstić information content (AvgIpc) is 2.43. The maximum absolute atomic E-state index is 12.1. The number of methoxy groups -OCH3 is 3. The Labute approximate surface area is 121 Å². The van der Waals surface area contributed by atoms with E-state index in [1.54, 1.807) is 0 Å². The first-order chi connectivity index (χ1) is 9.82. The number of halogens is 3. The van der Waals surface area contributed by atoms with Gasteiger partial charge in [-0.1, -0.05) is 0 Å². The van der Waals surface area contributed by atoms with Crippen LogP contribution in [-0.2, 0) is 0 Å². The van der Waals surface area contributed by atoms with E-state index in [2.05, 4.69) is 0 Å². The van der Waals surface area contributed by atoms with E-state index < -0.39 is 18.7 Å². The molecular formula is C14H19F3O4. The predicted octanol–water partition coefficient (Wildman–Crippen LogP) is 3.48. The Morgan fingerprint density at radius 1 is 1.05 bits per heavy atom. The molecule has 4 nitrogen and oxygen atoms in total. The van der Waals surface area contributed by atoms with Crippen LogP contribution in [0, 0.1) is 0 Å². The van der Waals surface area contributed by atoms with Crippen molar-refractivity contribution in [2.45, 2.75) is 31.5 Å². The van der Waals surface area contributed by atoms with Crippen molar-refractivity contribution in [2.24, 2.45) is 0 Å². The third-order valence-electron chi connectivity index (χ3n) is 3.01. The lowest BCUT2D eigenvalue weighted by molar-refractivity contribution is -0.136. The molecule has 0 bridgehead atoms. The fourth-order valence-electron chi connectivity index (χ4n) is 1.96. The Hall–Kier alpha value is -1.63. The Kier molecular flexibility index (Phi) is 6.14. The van der Waals surface area contributed by atoms with Crippen molar-refractivity contribution >= 4 is 0 Å². The van der Waals surface area contributed by atoms with Crippen LogP contribution in [0.3, 0.4) is 0 Å². The summed E-state index contributed by atoms with van der Waals surface area (Å²) in [5.74, 6) is 1.06. The predicted molar refractivity (Wildman–Crippen MR) is 71.0 cm³/mol. The Morgan fingerprint density at radius 2 is 1.57 bits per heavy atom. The Morgan fingerprint density at radius 3 is 1.95 bits per heavy atom. The highest BCUT2D eigenvalue weighted by molar-refractivity contribution is 5.54. The fourth-order valence-corrected chi connectivity index (χ4v) is 1.96. The summed E-state index contributed by atoms with van der Waals surface area (Å²) in [6.45, 7) is 0. The number of alkyl halides is 3. The van der Waals surface area contributed by atoms with E-state index in [9.17, 15) is 18.3 Å². The van der Waals surface area contributed by atoms with E-state index in [1.165, 1.54) is 33.5 Å². The summed E-state index contributed by atoms with van der Waals surface area (Å²) in [5, 5.41) is 10.0. The Balaban J connectivity index is 2.87. The summed E-state index contributed by atoms with van der Waals surface area (Å²) in [6.07, 6.45) is -6.32. The van der Waals surface area contributed by atoms with Gasteiger partial charge in [0.2, 0.25) is 5.75 Å². The third kappa shape index (κ3) is 5.00. The summed E-state index contributed by atoms with van der Waals surface area (Å²) < 4.78 is 51.7. The van der Waals surface area contributed by atoms with Gasteiger partial charge in [-0.2, -0.15) is 13.2 Å². The zero-order chi connectivity index (χ0) is 16.0. The minimum Gasteiger partial charge on any atom is -0.493 e. The van der Waals surface area contributed by atoms with Gasteiger partial charge in [-0.05, 0) is 30.5 Å². The molecule has 1 aromatic carbocycles. The van der Waals surface area contributed by atoms with Crippen LogP contribution < -0.4 is 14.2 Å². The highest BCUT2D eigenvalue weighted by Gasteiger charge is 2.27. The first kappa shape index (κ1) is 17.4. The van der Waals surface area contributed by atoms with Crippen molar-refractivity contribution in [3.63, 3.8) is 0 Å². The number of hydrogen-bond acceptors (Lipinski definition) is 4. The number of aliphatic hydroxyl groups is 1. The lowest BCUT2D eigenvalue weighted by Crippen LogP contribution is -2.08. The van der Waals surface area contributed by atoms with Crippen LogP contribution in [0.4, 0.5) is 13.2 Å². The smallest absolute Gasteiger partial charge is 0.389 e. The van der Waals surface area contributed by atoms with Crippen LogP contribution in [0.2, 0.25) is 0 Å². The van der Waals surface area contributed by atoms with Crippen LogP contribution in [0.1, 0.15) is 30.9 Å². The van der Waals surface area contributed by atoms with Crippen molar-refractivity contribution in [2.75, 3.05) is 21.3 Å². The molecule has 1 rings (SSSR count). The molecule has 1 N–H and O–H groups in total. The second-order valence-corrected chi connectivity index (χ2v) is 4.48. The molecule has 1 aromatic rings. The Bertz CT molecular complexity index is 435. The first-order valence-corrected chi connectivity index (χ1v) is 6.37. The normalized spacial score (nSPS) is 12.9. The molecule has 0 aliphatic rings. The van der Waals surface area contributed by atoms with Crippen LogP contribution in [0.15, 0.2) is 12.1 Å². The molecular weight excluding hydrogens is 289 g/mol. The maximum Gasteiger partial charge on any atom is 0.389 e. The quantitative estimate of drug-likeness (QED) is 0.838. The van der Waals surface area contributed by atoms with Crippen molar-refractivity contribution in [3.05, 3.63) is 17.7 Å². The van der Waals surface area contributed by atoms with Crippen LogP contribution in [0.5, 0.6) is 17.2 Å². The third-order valence-corrected chi connectivity index (χ3v) is 3.01. The summed E-state index contributed by atoms with van der Waals surface area (Å²) in [7, 11) is 4.30. The number of rotatable bonds is 7. The van der Waals surface area contributed by atoms with Gasteiger partial charge < -0.3 is 19.3 Å². The average molecular weight is 308 g/mol. The van der Waals surface area contributed by atoms with E-state index in [0.29, 0.717) is 22.8 Å². The van der Waals surface area contributed by atoms with Gasteiger partial charge in [0.1, 0.15) is 0 Å². The minimum atomic E-state index is -4.21. The molecule has 0 spiro atoms. The number of benzene rings is 1. The van der Waals surface area contributed by atoms with Crippen molar-refractivity contribution in [3.8, 4) is 17.2 Å². The molecule has 21 heavy (non-hydrogen) atoms. The zero-order valence-electron chi connectivity index (χ0n) is 12.2. The van der Waals surface area contributed by atoms with Crippen molar-refractivity contribution in [1.29, 1.82) is 0 Å². The van der Waals surface area contributed by atoms with Gasteiger partial charge in [-0.15, -0.1) is 0 Å². The van der Waals surface area contributed by atoms with E-state index in [-0.39, 0.29) is 12.8 Å². The molecule has 120 valence electrons. The van der Waals surface area contributed by atoms with Gasteiger partial charge in [0.15, 0.2) is 11.5 Å². The van der Waals surface area contributed by atoms with E-state index in [0.717, 1.165) is 0 Å². The number of ether oxygens (including phenoxy) is 3. The maximum atomic E-state index is 12.1. The summed E-state index contributed by atoms with van der Waals surface area (Å²) in [5.41, 5.74) is 0.423. The minimum absolute atomic E-state index is 0.00184. The van der Waals surface area contributed by atoms with Gasteiger partial charge in [-0.3, -0.25) is 0 Å². The standard InChI is InChI=1S/C14H19F3O4/c1-19-11-7-9(8-12(20-2)13(11)21-3)10(18)5-4-6-14(15,16)17/h7-8,10,18H,4-6H2,1-3H3. The molecule has 1 unspecified atom stereocenters. The summed E-state index contributed by atoms with van der Waals surface area (Å²) in [6, 6.07) is 3.05.